The molecule has 0 bridgehead atoms. The van der Waals surface area contributed by atoms with Crippen LogP contribution in [-0.2, 0) is 4.79 Å². The van der Waals surface area contributed by atoms with Gasteiger partial charge in [-0.25, -0.2) is 0 Å². The molecule has 2 rings (SSSR count). The quantitative estimate of drug-likeness (QED) is 0.764. The van der Waals surface area contributed by atoms with Crippen molar-refractivity contribution in [2.24, 2.45) is 11.7 Å². The number of amides is 1. The van der Waals surface area contributed by atoms with Crippen LogP contribution in [-0.4, -0.2) is 52.9 Å². The van der Waals surface area contributed by atoms with E-state index in [9.17, 15) is 4.79 Å². The molecule has 1 saturated carbocycles. The summed E-state index contributed by atoms with van der Waals surface area (Å²) >= 11 is 5.14. The number of hydrogen-bond acceptors (Lipinski definition) is 3. The molecule has 1 amide bonds. The molecule has 2 aliphatic rings. The number of carbonyl (C=O) groups excluding carboxylic acids is 1. The van der Waals surface area contributed by atoms with Crippen LogP contribution in [0.3, 0.4) is 0 Å². The Kier molecular flexibility index (Phi) is 6.42. The molecule has 0 radical (unpaired) electrons. The van der Waals surface area contributed by atoms with Gasteiger partial charge < -0.3 is 10.6 Å². The Labute approximate surface area is 134 Å². The van der Waals surface area contributed by atoms with E-state index in [-0.39, 0.29) is 6.04 Å². The maximum absolute atomic E-state index is 12.3. The van der Waals surface area contributed by atoms with Gasteiger partial charge in [0.2, 0.25) is 5.91 Å². The average molecular weight is 311 g/mol. The highest BCUT2D eigenvalue weighted by Crippen LogP contribution is 2.28. The molecule has 2 fully saturated rings. The van der Waals surface area contributed by atoms with Crippen molar-refractivity contribution in [1.82, 2.24) is 9.80 Å². The topological polar surface area (TPSA) is 49.6 Å². The summed E-state index contributed by atoms with van der Waals surface area (Å²) in [6.45, 7) is 5.55. The lowest BCUT2D eigenvalue weighted by Gasteiger charge is -2.38. The van der Waals surface area contributed by atoms with Gasteiger partial charge in [0.1, 0.15) is 0 Å². The van der Waals surface area contributed by atoms with Crippen molar-refractivity contribution in [3.63, 3.8) is 0 Å². The van der Waals surface area contributed by atoms with Crippen LogP contribution in [0.1, 0.15) is 51.9 Å². The SMILES string of the molecule is CCC(C(N)=S)N1CCN(C(=O)CCC2CCCC2)CC1. The van der Waals surface area contributed by atoms with Crippen LogP contribution >= 0.6 is 12.2 Å². The molecule has 2 N–H and O–H groups in total. The smallest absolute Gasteiger partial charge is 0.222 e. The fourth-order valence-electron chi connectivity index (χ4n) is 3.71. The summed E-state index contributed by atoms with van der Waals surface area (Å²) in [5.41, 5.74) is 5.80. The summed E-state index contributed by atoms with van der Waals surface area (Å²) in [5.74, 6) is 1.14. The first-order valence-corrected chi connectivity index (χ1v) is 8.83. The third-order valence-electron chi connectivity index (χ3n) is 5.06. The first-order valence-electron chi connectivity index (χ1n) is 8.43. The predicted molar refractivity (Wildman–Crippen MR) is 90.2 cm³/mol. The first-order chi connectivity index (χ1) is 10.1. The van der Waals surface area contributed by atoms with E-state index < -0.39 is 0 Å². The van der Waals surface area contributed by atoms with E-state index >= 15 is 0 Å². The summed E-state index contributed by atoms with van der Waals surface area (Å²) in [6, 6.07) is 0.191. The lowest BCUT2D eigenvalue weighted by atomic mass is 10.0. The van der Waals surface area contributed by atoms with Crippen LogP contribution in [0.15, 0.2) is 0 Å². The lowest BCUT2D eigenvalue weighted by Crippen LogP contribution is -2.54. The van der Waals surface area contributed by atoms with Gasteiger partial charge in [-0.05, 0) is 18.8 Å². The van der Waals surface area contributed by atoms with Crippen LogP contribution in [0, 0.1) is 5.92 Å². The van der Waals surface area contributed by atoms with E-state index in [1.807, 2.05) is 4.90 Å². The third kappa shape index (κ3) is 4.65. The van der Waals surface area contributed by atoms with Gasteiger partial charge in [-0.15, -0.1) is 0 Å². The predicted octanol–water partition coefficient (Wildman–Crippen LogP) is 2.17. The second kappa shape index (κ2) is 8.08. The Morgan fingerprint density at radius 3 is 2.38 bits per heavy atom. The fourth-order valence-corrected chi connectivity index (χ4v) is 4.02. The maximum Gasteiger partial charge on any atom is 0.222 e. The molecule has 1 atom stereocenters. The molecule has 1 saturated heterocycles. The molecular weight excluding hydrogens is 282 g/mol. The van der Waals surface area contributed by atoms with Crippen LogP contribution in [0.4, 0.5) is 0 Å². The largest absolute Gasteiger partial charge is 0.392 e. The van der Waals surface area contributed by atoms with Crippen LogP contribution in [0.25, 0.3) is 0 Å². The molecule has 1 heterocycles. The van der Waals surface area contributed by atoms with Crippen molar-refractivity contribution in [3.05, 3.63) is 0 Å². The minimum absolute atomic E-state index is 0.191. The summed E-state index contributed by atoms with van der Waals surface area (Å²) in [4.78, 5) is 17.2. The molecule has 1 aliphatic carbocycles. The zero-order valence-corrected chi connectivity index (χ0v) is 14.0. The zero-order chi connectivity index (χ0) is 15.2. The van der Waals surface area contributed by atoms with Gasteiger partial charge in [-0.1, -0.05) is 44.8 Å². The van der Waals surface area contributed by atoms with Crippen LogP contribution < -0.4 is 5.73 Å². The minimum atomic E-state index is 0.191. The van der Waals surface area contributed by atoms with Gasteiger partial charge in [0.05, 0.1) is 11.0 Å². The summed E-state index contributed by atoms with van der Waals surface area (Å²) in [7, 11) is 0. The third-order valence-corrected chi connectivity index (χ3v) is 5.34. The van der Waals surface area contributed by atoms with E-state index in [0.717, 1.165) is 51.4 Å². The van der Waals surface area contributed by atoms with Crippen molar-refractivity contribution in [2.75, 3.05) is 26.2 Å². The molecule has 1 aliphatic heterocycles. The first kappa shape index (κ1) is 16.7. The van der Waals surface area contributed by atoms with E-state index in [2.05, 4.69) is 11.8 Å². The molecule has 0 spiro atoms. The molecule has 120 valence electrons. The number of hydrogen-bond donors (Lipinski definition) is 1. The van der Waals surface area contributed by atoms with Gasteiger partial charge in [0.15, 0.2) is 0 Å². The summed E-state index contributed by atoms with van der Waals surface area (Å²) in [5, 5.41) is 0. The second-order valence-corrected chi connectivity index (χ2v) is 6.90. The lowest BCUT2D eigenvalue weighted by molar-refractivity contribution is -0.133. The summed E-state index contributed by atoms with van der Waals surface area (Å²) in [6.07, 6.45) is 8.13. The van der Waals surface area contributed by atoms with Gasteiger partial charge in [0.25, 0.3) is 0 Å². The Hall–Kier alpha value is -0.680. The Morgan fingerprint density at radius 1 is 1.24 bits per heavy atom. The van der Waals surface area contributed by atoms with Crippen molar-refractivity contribution in [3.8, 4) is 0 Å². The van der Waals surface area contributed by atoms with Crippen molar-refractivity contribution in [1.29, 1.82) is 0 Å². The highest BCUT2D eigenvalue weighted by molar-refractivity contribution is 7.80. The Morgan fingerprint density at radius 2 is 1.86 bits per heavy atom. The normalized spacial score (nSPS) is 22.4. The molecule has 21 heavy (non-hydrogen) atoms. The molecule has 5 heteroatoms. The number of nitrogens with two attached hydrogens (primary N) is 1. The highest BCUT2D eigenvalue weighted by Gasteiger charge is 2.27. The van der Waals surface area contributed by atoms with E-state index in [1.165, 1.54) is 25.7 Å². The fraction of sp³-hybridized carbons (Fsp3) is 0.875. The molecule has 1 unspecified atom stereocenters. The molecule has 0 aromatic heterocycles. The molecule has 4 nitrogen and oxygen atoms in total. The monoisotopic (exact) mass is 311 g/mol. The van der Waals surface area contributed by atoms with E-state index in [4.69, 9.17) is 18.0 Å². The average Bonchev–Trinajstić information content (AvgIpc) is 2.99. The molecular formula is C16H29N3OS. The standard InChI is InChI=1S/C16H29N3OS/c1-2-14(16(17)21)18-9-11-19(12-10-18)15(20)8-7-13-5-3-4-6-13/h13-14H,2-12H2,1H3,(H2,17,21). The number of nitrogens with zero attached hydrogens (tertiary/aromatic N) is 2. The second-order valence-electron chi connectivity index (χ2n) is 6.43. The Balaban J connectivity index is 1.72. The number of piperazine rings is 1. The number of carbonyl (C=O) groups is 1. The van der Waals surface area contributed by atoms with E-state index in [0.29, 0.717) is 10.9 Å². The van der Waals surface area contributed by atoms with Crippen molar-refractivity contribution >= 4 is 23.1 Å². The summed E-state index contributed by atoms with van der Waals surface area (Å²) < 4.78 is 0. The number of thiocarbonyl (C=S) groups is 1. The maximum atomic E-state index is 12.3. The Bertz CT molecular complexity index is 361. The van der Waals surface area contributed by atoms with Crippen molar-refractivity contribution in [2.45, 2.75) is 57.9 Å². The zero-order valence-electron chi connectivity index (χ0n) is 13.2. The number of rotatable bonds is 6. The van der Waals surface area contributed by atoms with Crippen LogP contribution in [0.2, 0.25) is 0 Å². The van der Waals surface area contributed by atoms with Gasteiger partial charge in [-0.2, -0.15) is 0 Å². The van der Waals surface area contributed by atoms with Crippen molar-refractivity contribution < 1.29 is 4.79 Å². The van der Waals surface area contributed by atoms with Gasteiger partial charge in [-0.3, -0.25) is 9.69 Å². The molecule has 0 aromatic rings. The van der Waals surface area contributed by atoms with Crippen LogP contribution in [0.5, 0.6) is 0 Å². The van der Waals surface area contributed by atoms with Gasteiger partial charge >= 0.3 is 0 Å². The van der Waals surface area contributed by atoms with E-state index in [1.54, 1.807) is 0 Å². The highest BCUT2D eigenvalue weighted by atomic mass is 32.1. The van der Waals surface area contributed by atoms with Gasteiger partial charge in [0, 0.05) is 32.6 Å². The minimum Gasteiger partial charge on any atom is -0.392 e. The molecule has 0 aromatic carbocycles.